The van der Waals surface area contributed by atoms with Crippen LogP contribution in [0.15, 0.2) is 17.8 Å². The molecule has 1 aliphatic carbocycles. The summed E-state index contributed by atoms with van der Waals surface area (Å²) < 4.78 is 2.05. The molecule has 1 unspecified atom stereocenters. The molecule has 1 aliphatic rings. The smallest absolute Gasteiger partial charge is 0.193 e. The molecular formula is C11H12N2OS. The van der Waals surface area contributed by atoms with Crippen molar-refractivity contribution in [3.63, 3.8) is 0 Å². The molecule has 0 spiro atoms. The first-order valence-electron chi connectivity index (χ1n) is 5.24. The fourth-order valence-electron chi connectivity index (χ4n) is 2.24. The SMILES string of the molecule is O=C1CCC(Cc2cn3ccsc3n2)C1. The second kappa shape index (κ2) is 3.45. The van der Waals surface area contributed by atoms with E-state index in [2.05, 4.69) is 15.6 Å². The summed E-state index contributed by atoms with van der Waals surface area (Å²) in [6.07, 6.45) is 7.63. The number of Topliss-reactive ketones (excluding diaryl/α,β-unsaturated/α-hetero) is 1. The van der Waals surface area contributed by atoms with Crippen LogP contribution in [0.2, 0.25) is 0 Å². The second-order valence-electron chi connectivity index (χ2n) is 4.18. The standard InChI is InChI=1S/C11H12N2OS/c14-10-2-1-8(6-10)5-9-7-13-3-4-15-11(13)12-9/h3-4,7-8H,1-2,5-6H2. The maximum Gasteiger partial charge on any atom is 0.193 e. The van der Waals surface area contributed by atoms with E-state index in [1.165, 1.54) is 0 Å². The van der Waals surface area contributed by atoms with Crippen molar-refractivity contribution < 1.29 is 4.79 Å². The minimum absolute atomic E-state index is 0.418. The van der Waals surface area contributed by atoms with Crippen LogP contribution in [0.1, 0.15) is 25.0 Å². The minimum atomic E-state index is 0.418. The molecule has 3 nitrogen and oxygen atoms in total. The van der Waals surface area contributed by atoms with E-state index < -0.39 is 0 Å². The summed E-state index contributed by atoms with van der Waals surface area (Å²) in [4.78, 5) is 16.7. The molecule has 15 heavy (non-hydrogen) atoms. The third-order valence-corrected chi connectivity index (χ3v) is 3.76. The molecule has 2 aromatic rings. The lowest BCUT2D eigenvalue weighted by Crippen LogP contribution is -2.00. The van der Waals surface area contributed by atoms with Crippen LogP contribution >= 0.6 is 11.3 Å². The van der Waals surface area contributed by atoms with Gasteiger partial charge in [-0.3, -0.25) is 9.20 Å². The number of hydrogen-bond acceptors (Lipinski definition) is 3. The molecular weight excluding hydrogens is 208 g/mol. The number of nitrogens with zero attached hydrogens (tertiary/aromatic N) is 2. The summed E-state index contributed by atoms with van der Waals surface area (Å²) in [5.41, 5.74) is 1.13. The van der Waals surface area contributed by atoms with Gasteiger partial charge in [-0.25, -0.2) is 4.98 Å². The number of rotatable bonds is 2. The topological polar surface area (TPSA) is 34.4 Å². The van der Waals surface area contributed by atoms with Gasteiger partial charge in [-0.1, -0.05) is 0 Å². The van der Waals surface area contributed by atoms with Gasteiger partial charge >= 0.3 is 0 Å². The Hall–Kier alpha value is -1.16. The van der Waals surface area contributed by atoms with Gasteiger partial charge in [0.1, 0.15) is 5.78 Å². The highest BCUT2D eigenvalue weighted by atomic mass is 32.1. The Bertz CT molecular complexity index is 471. The van der Waals surface area contributed by atoms with E-state index in [1.54, 1.807) is 11.3 Å². The number of thiazole rings is 1. The van der Waals surface area contributed by atoms with Gasteiger partial charge in [0.25, 0.3) is 0 Å². The van der Waals surface area contributed by atoms with Crippen molar-refractivity contribution in [3.05, 3.63) is 23.5 Å². The lowest BCUT2D eigenvalue weighted by atomic mass is 10.0. The highest BCUT2D eigenvalue weighted by molar-refractivity contribution is 7.15. The van der Waals surface area contributed by atoms with E-state index >= 15 is 0 Å². The van der Waals surface area contributed by atoms with Crippen molar-refractivity contribution in [2.24, 2.45) is 5.92 Å². The first-order chi connectivity index (χ1) is 7.31. The fraction of sp³-hybridized carbons (Fsp3) is 0.455. The van der Waals surface area contributed by atoms with Gasteiger partial charge in [0.15, 0.2) is 4.96 Å². The van der Waals surface area contributed by atoms with Crippen molar-refractivity contribution in [2.75, 3.05) is 0 Å². The van der Waals surface area contributed by atoms with Gasteiger partial charge in [-0.15, -0.1) is 11.3 Å². The number of carbonyl (C=O) groups is 1. The Morgan fingerprint density at radius 3 is 3.27 bits per heavy atom. The Balaban J connectivity index is 1.77. The van der Waals surface area contributed by atoms with Crippen LogP contribution in [0.25, 0.3) is 4.96 Å². The first kappa shape index (κ1) is 9.09. The van der Waals surface area contributed by atoms with Crippen LogP contribution < -0.4 is 0 Å². The fourth-order valence-corrected chi connectivity index (χ4v) is 2.95. The summed E-state index contributed by atoms with van der Waals surface area (Å²) in [6.45, 7) is 0. The van der Waals surface area contributed by atoms with Crippen molar-refractivity contribution in [3.8, 4) is 0 Å². The van der Waals surface area contributed by atoms with E-state index in [4.69, 9.17) is 0 Å². The summed E-state index contributed by atoms with van der Waals surface area (Å²) in [5.74, 6) is 0.947. The average Bonchev–Trinajstić information content (AvgIpc) is 2.81. The number of hydrogen-bond donors (Lipinski definition) is 0. The van der Waals surface area contributed by atoms with Crippen molar-refractivity contribution in [1.82, 2.24) is 9.38 Å². The summed E-state index contributed by atoms with van der Waals surface area (Å²) in [6, 6.07) is 0. The zero-order valence-corrected chi connectivity index (χ0v) is 9.17. The molecule has 1 saturated carbocycles. The molecule has 0 aromatic carbocycles. The number of aromatic nitrogens is 2. The molecule has 0 radical (unpaired) electrons. The zero-order chi connectivity index (χ0) is 10.3. The summed E-state index contributed by atoms with van der Waals surface area (Å²) in [5, 5.41) is 2.03. The van der Waals surface area contributed by atoms with Crippen LogP contribution in [-0.2, 0) is 11.2 Å². The van der Waals surface area contributed by atoms with Crippen LogP contribution in [0, 0.1) is 5.92 Å². The molecule has 0 amide bonds. The molecule has 1 fully saturated rings. The molecule has 2 heterocycles. The molecule has 0 aliphatic heterocycles. The third-order valence-electron chi connectivity index (χ3n) is 2.99. The Morgan fingerprint density at radius 1 is 1.60 bits per heavy atom. The second-order valence-corrected chi connectivity index (χ2v) is 5.05. The monoisotopic (exact) mass is 220 g/mol. The maximum absolute atomic E-state index is 11.1. The van der Waals surface area contributed by atoms with Crippen LogP contribution in [0.5, 0.6) is 0 Å². The maximum atomic E-state index is 11.1. The zero-order valence-electron chi connectivity index (χ0n) is 8.35. The van der Waals surface area contributed by atoms with Crippen molar-refractivity contribution in [2.45, 2.75) is 25.7 Å². The van der Waals surface area contributed by atoms with Gasteiger partial charge in [0.05, 0.1) is 5.69 Å². The largest absolute Gasteiger partial charge is 0.300 e. The minimum Gasteiger partial charge on any atom is -0.300 e. The van der Waals surface area contributed by atoms with Crippen LogP contribution in [0.3, 0.4) is 0 Å². The van der Waals surface area contributed by atoms with E-state index in [9.17, 15) is 4.79 Å². The van der Waals surface area contributed by atoms with E-state index in [0.29, 0.717) is 11.7 Å². The third kappa shape index (κ3) is 1.69. The Kier molecular flexibility index (Phi) is 2.09. The van der Waals surface area contributed by atoms with Gasteiger partial charge in [-0.05, 0) is 18.8 Å². The molecule has 78 valence electrons. The molecule has 2 aromatic heterocycles. The number of ketones is 1. The molecule has 3 rings (SSSR count). The predicted molar refractivity (Wildman–Crippen MR) is 59.1 cm³/mol. The predicted octanol–water partition coefficient (Wildman–Crippen LogP) is 2.31. The lowest BCUT2D eigenvalue weighted by molar-refractivity contribution is -0.117. The van der Waals surface area contributed by atoms with Gasteiger partial charge in [0, 0.05) is 30.6 Å². The highest BCUT2D eigenvalue weighted by Crippen LogP contribution is 2.25. The van der Waals surface area contributed by atoms with Gasteiger partial charge in [-0.2, -0.15) is 0 Å². The molecule has 0 saturated heterocycles. The molecule has 1 atom stereocenters. The van der Waals surface area contributed by atoms with Crippen LogP contribution in [-0.4, -0.2) is 15.2 Å². The Labute approximate surface area is 91.8 Å². The normalized spacial score (nSPS) is 21.6. The quantitative estimate of drug-likeness (QED) is 0.778. The van der Waals surface area contributed by atoms with Gasteiger partial charge < -0.3 is 0 Å². The van der Waals surface area contributed by atoms with Crippen molar-refractivity contribution in [1.29, 1.82) is 0 Å². The van der Waals surface area contributed by atoms with E-state index in [-0.39, 0.29) is 0 Å². The van der Waals surface area contributed by atoms with Crippen molar-refractivity contribution >= 4 is 22.1 Å². The molecule has 0 bridgehead atoms. The first-order valence-corrected chi connectivity index (χ1v) is 6.12. The Morgan fingerprint density at radius 2 is 2.53 bits per heavy atom. The van der Waals surface area contributed by atoms with E-state index in [0.717, 1.165) is 36.3 Å². The number of fused-ring (bicyclic) bond motifs is 1. The van der Waals surface area contributed by atoms with Gasteiger partial charge in [0.2, 0.25) is 0 Å². The number of imidazole rings is 1. The lowest BCUT2D eigenvalue weighted by Gasteiger charge is -2.03. The van der Waals surface area contributed by atoms with E-state index in [1.807, 2.05) is 11.6 Å². The summed E-state index contributed by atoms with van der Waals surface area (Å²) in [7, 11) is 0. The highest BCUT2D eigenvalue weighted by Gasteiger charge is 2.23. The molecule has 0 N–H and O–H groups in total. The molecule has 4 heteroatoms. The average molecular weight is 220 g/mol. The van der Waals surface area contributed by atoms with Crippen LogP contribution in [0.4, 0.5) is 0 Å². The number of carbonyl (C=O) groups excluding carboxylic acids is 1. The summed E-state index contributed by atoms with van der Waals surface area (Å²) >= 11 is 1.65.